The van der Waals surface area contributed by atoms with Gasteiger partial charge in [-0.2, -0.15) is 0 Å². The number of carbonyl (C=O) groups excluding carboxylic acids is 1. The van der Waals surface area contributed by atoms with Crippen LogP contribution >= 0.6 is 0 Å². The lowest BCUT2D eigenvalue weighted by Gasteiger charge is -2.39. The Labute approximate surface area is 139 Å². The zero-order valence-corrected chi connectivity index (χ0v) is 13.3. The van der Waals surface area contributed by atoms with Crippen molar-refractivity contribution in [2.24, 2.45) is 0 Å². The number of hydrogen-bond donors (Lipinski definition) is 1. The van der Waals surface area contributed by atoms with Crippen molar-refractivity contribution < 1.29 is 4.79 Å². The maximum atomic E-state index is 12.8. The van der Waals surface area contributed by atoms with Gasteiger partial charge in [0, 0.05) is 36.6 Å². The third kappa shape index (κ3) is 2.67. The van der Waals surface area contributed by atoms with Crippen LogP contribution in [0.5, 0.6) is 0 Å². The number of benzene rings is 1. The Morgan fingerprint density at radius 1 is 1.12 bits per heavy atom. The Bertz CT molecular complexity index is 890. The van der Waals surface area contributed by atoms with Gasteiger partial charge in [0.1, 0.15) is 0 Å². The molecule has 6 nitrogen and oxygen atoms in total. The molecular weight excluding hydrogens is 302 g/mol. The number of nitrogens with zero attached hydrogens (tertiary/aromatic N) is 4. The van der Waals surface area contributed by atoms with E-state index >= 15 is 0 Å². The van der Waals surface area contributed by atoms with Gasteiger partial charge < -0.3 is 10.2 Å². The zero-order chi connectivity index (χ0) is 16.5. The monoisotopic (exact) mass is 319 g/mol. The summed E-state index contributed by atoms with van der Waals surface area (Å²) in [6.07, 6.45) is 3.39. The molecule has 0 radical (unpaired) electrons. The summed E-state index contributed by atoms with van der Waals surface area (Å²) >= 11 is 0. The number of carbonyl (C=O) groups is 1. The van der Waals surface area contributed by atoms with Gasteiger partial charge in [0.2, 0.25) is 5.95 Å². The van der Waals surface area contributed by atoms with Gasteiger partial charge in [-0.1, -0.05) is 18.2 Å². The van der Waals surface area contributed by atoms with Crippen LogP contribution in [0.15, 0.2) is 48.8 Å². The summed E-state index contributed by atoms with van der Waals surface area (Å²) in [7, 11) is 0. The van der Waals surface area contributed by atoms with Crippen LogP contribution in [0.1, 0.15) is 16.1 Å². The minimum absolute atomic E-state index is 0.0192. The van der Waals surface area contributed by atoms with E-state index in [1.807, 2.05) is 42.2 Å². The Morgan fingerprint density at radius 2 is 1.92 bits per heavy atom. The largest absolute Gasteiger partial charge is 0.348 e. The molecule has 1 N–H and O–H groups in total. The first kappa shape index (κ1) is 14.6. The molecule has 1 amide bonds. The van der Waals surface area contributed by atoms with Crippen LogP contribution in [0.4, 0.5) is 5.95 Å². The molecule has 0 spiro atoms. The van der Waals surface area contributed by atoms with Crippen molar-refractivity contribution in [3.05, 3.63) is 60.0 Å². The number of likely N-dealkylation sites (tertiary alicyclic amines) is 1. The second-order valence-electron chi connectivity index (χ2n) is 5.95. The number of rotatable bonds is 3. The van der Waals surface area contributed by atoms with Gasteiger partial charge in [-0.15, -0.1) is 0 Å². The lowest BCUT2D eigenvalue weighted by Crippen LogP contribution is -2.57. The van der Waals surface area contributed by atoms with Crippen LogP contribution in [-0.4, -0.2) is 44.9 Å². The first-order valence-electron chi connectivity index (χ1n) is 7.90. The highest BCUT2D eigenvalue weighted by atomic mass is 16.2. The van der Waals surface area contributed by atoms with E-state index < -0.39 is 0 Å². The fourth-order valence-electron chi connectivity index (χ4n) is 2.88. The van der Waals surface area contributed by atoms with E-state index in [2.05, 4.69) is 20.3 Å². The van der Waals surface area contributed by atoms with Crippen molar-refractivity contribution in [2.45, 2.75) is 13.0 Å². The molecule has 6 heteroatoms. The summed E-state index contributed by atoms with van der Waals surface area (Å²) in [6, 6.07) is 11.6. The molecule has 2 aromatic heterocycles. The molecule has 1 aliphatic heterocycles. The van der Waals surface area contributed by atoms with E-state index in [1.54, 1.807) is 18.5 Å². The van der Waals surface area contributed by atoms with E-state index in [1.165, 1.54) is 0 Å². The van der Waals surface area contributed by atoms with E-state index in [4.69, 9.17) is 0 Å². The minimum Gasteiger partial charge on any atom is -0.348 e. The van der Waals surface area contributed by atoms with Gasteiger partial charge in [0.15, 0.2) is 0 Å². The number of aromatic nitrogens is 3. The summed E-state index contributed by atoms with van der Waals surface area (Å²) in [5.74, 6) is 0.614. The molecule has 3 aromatic rings. The van der Waals surface area contributed by atoms with Crippen molar-refractivity contribution in [1.82, 2.24) is 19.9 Å². The molecule has 1 aromatic carbocycles. The van der Waals surface area contributed by atoms with Gasteiger partial charge in [-0.05, 0) is 25.1 Å². The molecule has 0 unspecified atom stereocenters. The molecule has 0 saturated carbocycles. The number of nitrogens with one attached hydrogen (secondary N) is 1. The second kappa shape index (κ2) is 5.88. The fraction of sp³-hybridized carbons (Fsp3) is 0.222. The van der Waals surface area contributed by atoms with E-state index in [0.29, 0.717) is 24.6 Å². The quantitative estimate of drug-likeness (QED) is 0.802. The summed E-state index contributed by atoms with van der Waals surface area (Å²) in [4.78, 5) is 27.4. The molecule has 0 aliphatic carbocycles. The minimum atomic E-state index is 0.0192. The lowest BCUT2D eigenvalue weighted by molar-refractivity contribution is 0.0626. The van der Waals surface area contributed by atoms with Gasteiger partial charge in [-0.3, -0.25) is 9.78 Å². The van der Waals surface area contributed by atoms with E-state index in [-0.39, 0.29) is 11.9 Å². The molecule has 3 heterocycles. The van der Waals surface area contributed by atoms with Crippen molar-refractivity contribution >= 4 is 22.8 Å². The molecule has 120 valence electrons. The lowest BCUT2D eigenvalue weighted by atomic mass is 10.0. The van der Waals surface area contributed by atoms with Crippen LogP contribution in [0.25, 0.3) is 10.9 Å². The zero-order valence-electron chi connectivity index (χ0n) is 13.3. The first-order chi connectivity index (χ1) is 11.7. The highest BCUT2D eigenvalue weighted by molar-refractivity contribution is 6.05. The second-order valence-corrected chi connectivity index (χ2v) is 5.95. The Hall–Kier alpha value is -3.02. The standard InChI is InChI=1S/C18H17N5O/c1-12-6-7-13-4-2-5-15(16(13)21-12)17(24)23-10-14(11-23)22-18-19-8-3-9-20-18/h2-9,14H,10-11H2,1H3,(H,19,20,22). The van der Waals surface area contributed by atoms with Crippen molar-refractivity contribution in [3.63, 3.8) is 0 Å². The van der Waals surface area contributed by atoms with Crippen molar-refractivity contribution in [2.75, 3.05) is 18.4 Å². The molecule has 0 bridgehead atoms. The Kier molecular flexibility index (Phi) is 3.57. The number of hydrogen-bond acceptors (Lipinski definition) is 5. The third-order valence-corrected chi connectivity index (χ3v) is 4.16. The Morgan fingerprint density at radius 3 is 2.71 bits per heavy atom. The number of fused-ring (bicyclic) bond motifs is 1. The number of anilines is 1. The normalized spacial score (nSPS) is 14.5. The maximum Gasteiger partial charge on any atom is 0.256 e. The molecular formula is C18H17N5O. The molecule has 24 heavy (non-hydrogen) atoms. The topological polar surface area (TPSA) is 71.0 Å². The maximum absolute atomic E-state index is 12.8. The summed E-state index contributed by atoms with van der Waals surface area (Å²) in [6.45, 7) is 3.21. The predicted molar refractivity (Wildman–Crippen MR) is 91.8 cm³/mol. The first-order valence-corrected chi connectivity index (χ1v) is 7.90. The van der Waals surface area contributed by atoms with Crippen LogP contribution in [0.3, 0.4) is 0 Å². The number of para-hydroxylation sites is 1. The van der Waals surface area contributed by atoms with Gasteiger partial charge in [-0.25, -0.2) is 9.97 Å². The van der Waals surface area contributed by atoms with Gasteiger partial charge in [0.25, 0.3) is 5.91 Å². The van der Waals surface area contributed by atoms with Crippen molar-refractivity contribution in [1.29, 1.82) is 0 Å². The summed E-state index contributed by atoms with van der Waals surface area (Å²) in [5, 5.41) is 4.21. The summed E-state index contributed by atoms with van der Waals surface area (Å²) < 4.78 is 0. The molecule has 1 aliphatic rings. The number of pyridine rings is 1. The van der Waals surface area contributed by atoms with Crippen molar-refractivity contribution in [3.8, 4) is 0 Å². The SMILES string of the molecule is Cc1ccc2cccc(C(=O)N3CC(Nc4ncccn4)C3)c2n1. The Balaban J connectivity index is 1.49. The number of amides is 1. The predicted octanol–water partition coefficient (Wildman–Crippen LogP) is 2.27. The molecule has 4 rings (SSSR count). The van der Waals surface area contributed by atoms with Crippen LogP contribution in [-0.2, 0) is 0 Å². The van der Waals surface area contributed by atoms with Crippen LogP contribution in [0, 0.1) is 6.92 Å². The van der Waals surface area contributed by atoms with Crippen LogP contribution < -0.4 is 5.32 Å². The fourth-order valence-corrected chi connectivity index (χ4v) is 2.88. The van der Waals surface area contributed by atoms with Crippen LogP contribution in [0.2, 0.25) is 0 Å². The average Bonchev–Trinajstić information content (AvgIpc) is 2.57. The smallest absolute Gasteiger partial charge is 0.256 e. The highest BCUT2D eigenvalue weighted by Gasteiger charge is 2.32. The third-order valence-electron chi connectivity index (χ3n) is 4.16. The highest BCUT2D eigenvalue weighted by Crippen LogP contribution is 2.22. The van der Waals surface area contributed by atoms with Gasteiger partial charge in [0.05, 0.1) is 17.1 Å². The number of aryl methyl sites for hydroxylation is 1. The van der Waals surface area contributed by atoms with E-state index in [9.17, 15) is 4.79 Å². The molecule has 1 saturated heterocycles. The average molecular weight is 319 g/mol. The van der Waals surface area contributed by atoms with E-state index in [0.717, 1.165) is 16.6 Å². The summed E-state index contributed by atoms with van der Waals surface area (Å²) in [5.41, 5.74) is 2.34. The molecule has 1 fully saturated rings. The van der Waals surface area contributed by atoms with Gasteiger partial charge >= 0.3 is 0 Å². The molecule has 0 atom stereocenters.